The molecule has 0 aliphatic rings. The lowest BCUT2D eigenvalue weighted by Gasteiger charge is -2.11. The van der Waals surface area contributed by atoms with Crippen LogP contribution in [0.25, 0.3) is 12.2 Å². The molecule has 1 N–H and O–H groups in total. The molecule has 0 unspecified atom stereocenters. The maximum absolute atomic E-state index is 10.5. The minimum absolute atomic E-state index is 0.274. The normalized spacial score (nSPS) is 11.6. The quantitative estimate of drug-likeness (QED) is 0.413. The molecule has 0 saturated heterocycles. The fraction of sp³-hybridized carbons (Fsp3) is 0.280. The van der Waals surface area contributed by atoms with Crippen LogP contribution in [0.1, 0.15) is 50.3 Å². The van der Waals surface area contributed by atoms with Crippen molar-refractivity contribution < 1.29 is 9.84 Å². The predicted molar refractivity (Wildman–Crippen MR) is 116 cm³/mol. The van der Waals surface area contributed by atoms with Crippen LogP contribution in [0.3, 0.4) is 0 Å². The monoisotopic (exact) mass is 362 g/mol. The van der Waals surface area contributed by atoms with Crippen molar-refractivity contribution in [2.75, 3.05) is 7.11 Å². The average molecular weight is 363 g/mol. The first kappa shape index (κ1) is 20.6. The number of rotatable bonds is 8. The summed E-state index contributed by atoms with van der Waals surface area (Å²) in [6, 6.07) is 13.9. The molecule has 0 spiro atoms. The minimum atomic E-state index is 0.274. The van der Waals surface area contributed by atoms with Crippen LogP contribution in [0.4, 0.5) is 0 Å². The van der Waals surface area contributed by atoms with Gasteiger partial charge in [-0.05, 0) is 63.3 Å². The van der Waals surface area contributed by atoms with Crippen molar-refractivity contribution in [2.45, 2.75) is 40.0 Å². The first-order valence-electron chi connectivity index (χ1n) is 9.41. The van der Waals surface area contributed by atoms with Gasteiger partial charge < -0.3 is 9.84 Å². The summed E-state index contributed by atoms with van der Waals surface area (Å²) in [5.41, 5.74) is 5.54. The number of phenols is 1. The van der Waals surface area contributed by atoms with E-state index in [1.165, 1.54) is 11.1 Å². The summed E-state index contributed by atoms with van der Waals surface area (Å²) in [6.07, 6.45) is 11.2. The first-order valence-corrected chi connectivity index (χ1v) is 9.41. The second kappa shape index (κ2) is 10.4. The Morgan fingerprint density at radius 1 is 0.963 bits per heavy atom. The summed E-state index contributed by atoms with van der Waals surface area (Å²) < 4.78 is 5.53. The Morgan fingerprint density at radius 3 is 2.33 bits per heavy atom. The highest BCUT2D eigenvalue weighted by molar-refractivity contribution is 5.71. The molecular weight excluding hydrogens is 332 g/mol. The van der Waals surface area contributed by atoms with Crippen molar-refractivity contribution in [3.8, 4) is 11.5 Å². The van der Waals surface area contributed by atoms with Gasteiger partial charge in [0.25, 0.3) is 0 Å². The highest BCUT2D eigenvalue weighted by Gasteiger charge is 2.09. The van der Waals surface area contributed by atoms with Gasteiger partial charge in [0, 0.05) is 5.56 Å². The van der Waals surface area contributed by atoms with Crippen LogP contribution < -0.4 is 4.74 Å². The molecule has 27 heavy (non-hydrogen) atoms. The summed E-state index contributed by atoms with van der Waals surface area (Å²) in [7, 11) is 1.65. The summed E-state index contributed by atoms with van der Waals surface area (Å²) in [5, 5.41) is 10.5. The molecule has 2 rings (SSSR count). The molecule has 2 aromatic carbocycles. The van der Waals surface area contributed by atoms with Crippen molar-refractivity contribution >= 4 is 12.2 Å². The van der Waals surface area contributed by atoms with E-state index in [-0.39, 0.29) is 5.75 Å². The molecule has 0 aliphatic heterocycles. The van der Waals surface area contributed by atoms with E-state index in [1.54, 1.807) is 13.2 Å². The summed E-state index contributed by atoms with van der Waals surface area (Å²) in [5.74, 6) is 0.992. The third-order valence-electron chi connectivity index (χ3n) is 4.44. The Kier molecular flexibility index (Phi) is 7.94. The van der Waals surface area contributed by atoms with E-state index in [2.05, 4.69) is 32.9 Å². The molecule has 0 aromatic heterocycles. The molecule has 0 fully saturated rings. The van der Waals surface area contributed by atoms with Gasteiger partial charge in [0.05, 0.1) is 7.11 Å². The fourth-order valence-corrected chi connectivity index (χ4v) is 2.86. The first-order chi connectivity index (χ1) is 13.0. The van der Waals surface area contributed by atoms with Gasteiger partial charge in [-0.1, -0.05) is 65.8 Å². The molecule has 0 atom stereocenters. The van der Waals surface area contributed by atoms with Gasteiger partial charge in [0.1, 0.15) is 11.5 Å². The number of methoxy groups -OCH3 is 1. The summed E-state index contributed by atoms with van der Waals surface area (Å²) >= 11 is 0. The maximum atomic E-state index is 10.5. The number of hydrogen-bond acceptors (Lipinski definition) is 2. The molecule has 0 amide bonds. The summed E-state index contributed by atoms with van der Waals surface area (Å²) in [6.45, 7) is 6.38. The standard InChI is InChI=1S/C25H30O2/c1-19(2)9-8-10-20(3)13-16-23-24(26)17-22(18-25(23)27-4)15-14-21-11-6-5-7-12-21/h5-7,9,11-15,17-18,26H,8,10,16H2,1-4H3. The predicted octanol–water partition coefficient (Wildman–Crippen LogP) is 6.81. The van der Waals surface area contributed by atoms with Gasteiger partial charge in [-0.3, -0.25) is 0 Å². The molecular formula is C25H30O2. The largest absolute Gasteiger partial charge is 0.507 e. The number of phenolic OH excluding ortho intramolecular Hbond substituents is 1. The van der Waals surface area contributed by atoms with Crippen LogP contribution in [0.15, 0.2) is 65.8 Å². The number of ether oxygens (including phenoxy) is 1. The van der Waals surface area contributed by atoms with Crippen molar-refractivity contribution in [2.24, 2.45) is 0 Å². The molecule has 2 nitrogen and oxygen atoms in total. The van der Waals surface area contributed by atoms with Crippen molar-refractivity contribution in [3.63, 3.8) is 0 Å². The molecule has 0 bridgehead atoms. The van der Waals surface area contributed by atoms with Crippen LogP contribution >= 0.6 is 0 Å². The molecule has 142 valence electrons. The number of aromatic hydroxyl groups is 1. The zero-order chi connectivity index (χ0) is 19.6. The van der Waals surface area contributed by atoms with Crippen LogP contribution in [-0.4, -0.2) is 12.2 Å². The highest BCUT2D eigenvalue weighted by atomic mass is 16.5. The van der Waals surface area contributed by atoms with Crippen molar-refractivity contribution in [1.29, 1.82) is 0 Å². The lowest BCUT2D eigenvalue weighted by atomic mass is 10.0. The maximum Gasteiger partial charge on any atom is 0.126 e. The molecule has 0 saturated carbocycles. The second-order valence-electron chi connectivity index (χ2n) is 7.04. The Labute approximate surface area is 163 Å². The lowest BCUT2D eigenvalue weighted by molar-refractivity contribution is 0.401. The molecule has 0 heterocycles. The Morgan fingerprint density at radius 2 is 1.67 bits per heavy atom. The Hall–Kier alpha value is -2.74. The van der Waals surface area contributed by atoms with E-state index in [4.69, 9.17) is 4.74 Å². The fourth-order valence-electron chi connectivity index (χ4n) is 2.86. The van der Waals surface area contributed by atoms with Crippen LogP contribution in [-0.2, 0) is 6.42 Å². The molecule has 0 aliphatic carbocycles. The topological polar surface area (TPSA) is 29.5 Å². The zero-order valence-corrected chi connectivity index (χ0v) is 16.8. The number of benzene rings is 2. The third kappa shape index (κ3) is 6.82. The minimum Gasteiger partial charge on any atom is -0.507 e. The third-order valence-corrected chi connectivity index (χ3v) is 4.44. The average Bonchev–Trinajstić information content (AvgIpc) is 2.65. The van der Waals surface area contributed by atoms with Gasteiger partial charge in [-0.15, -0.1) is 0 Å². The van der Waals surface area contributed by atoms with Gasteiger partial charge >= 0.3 is 0 Å². The Balaban J connectivity index is 2.13. The van der Waals surface area contributed by atoms with Gasteiger partial charge in [-0.2, -0.15) is 0 Å². The van der Waals surface area contributed by atoms with Crippen LogP contribution in [0, 0.1) is 0 Å². The van der Waals surface area contributed by atoms with Gasteiger partial charge in [-0.25, -0.2) is 0 Å². The molecule has 0 radical (unpaired) electrons. The molecule has 2 aromatic rings. The van der Waals surface area contributed by atoms with E-state index >= 15 is 0 Å². The van der Waals surface area contributed by atoms with Crippen molar-refractivity contribution in [1.82, 2.24) is 0 Å². The van der Waals surface area contributed by atoms with Crippen molar-refractivity contribution in [3.05, 3.63) is 82.5 Å². The zero-order valence-electron chi connectivity index (χ0n) is 16.8. The van der Waals surface area contributed by atoms with Gasteiger partial charge in [0.2, 0.25) is 0 Å². The van der Waals surface area contributed by atoms with E-state index in [0.29, 0.717) is 6.42 Å². The van der Waals surface area contributed by atoms with Crippen LogP contribution in [0.5, 0.6) is 11.5 Å². The van der Waals surface area contributed by atoms with E-state index in [1.807, 2.05) is 48.6 Å². The van der Waals surface area contributed by atoms with E-state index < -0.39 is 0 Å². The van der Waals surface area contributed by atoms with Crippen LogP contribution in [0.2, 0.25) is 0 Å². The Bertz CT molecular complexity index is 823. The SMILES string of the molecule is COc1cc(C=Cc2ccccc2)cc(O)c1CC=C(C)CCC=C(C)C. The highest BCUT2D eigenvalue weighted by Crippen LogP contribution is 2.31. The number of hydrogen-bond donors (Lipinski definition) is 1. The van der Waals surface area contributed by atoms with E-state index in [0.717, 1.165) is 35.3 Å². The summed E-state index contributed by atoms with van der Waals surface area (Å²) in [4.78, 5) is 0. The second-order valence-corrected chi connectivity index (χ2v) is 7.04. The van der Waals surface area contributed by atoms with Gasteiger partial charge in [0.15, 0.2) is 0 Å². The molecule has 2 heteroatoms. The smallest absolute Gasteiger partial charge is 0.126 e. The lowest BCUT2D eigenvalue weighted by Crippen LogP contribution is -1.93. The number of allylic oxidation sites excluding steroid dienone is 4. The van der Waals surface area contributed by atoms with E-state index in [9.17, 15) is 5.11 Å².